The molecule has 0 fully saturated rings. The predicted molar refractivity (Wildman–Crippen MR) is 129 cm³/mol. The topological polar surface area (TPSA) is 68.5 Å². The molecule has 0 bridgehead atoms. The Labute approximate surface area is 201 Å². The number of nitrogens with zero attached hydrogens (tertiary/aromatic N) is 1. The maximum Gasteiger partial charge on any atom is 0.303 e. The van der Waals surface area contributed by atoms with Crippen LogP contribution in [0.2, 0.25) is 10.0 Å². The Bertz CT molecular complexity index is 1330. The van der Waals surface area contributed by atoms with Gasteiger partial charge in [-0.3, -0.25) is 14.2 Å². The molecule has 5 nitrogen and oxygen atoms in total. The van der Waals surface area contributed by atoms with Crippen molar-refractivity contribution >= 4 is 46.0 Å². The van der Waals surface area contributed by atoms with Gasteiger partial charge in [-0.05, 0) is 54.3 Å². The minimum absolute atomic E-state index is 0.0916. The summed E-state index contributed by atoms with van der Waals surface area (Å²) < 4.78 is 7.43. The van der Waals surface area contributed by atoms with Gasteiger partial charge in [-0.1, -0.05) is 53.5 Å². The number of aromatic nitrogens is 1. The number of fused-ring (bicyclic) bond motifs is 1. The van der Waals surface area contributed by atoms with E-state index in [4.69, 9.17) is 33.0 Å². The van der Waals surface area contributed by atoms with Crippen molar-refractivity contribution < 1.29 is 19.4 Å². The molecular weight excluding hydrogens is 461 g/mol. The van der Waals surface area contributed by atoms with Gasteiger partial charge < -0.3 is 9.84 Å². The number of ether oxygens (including phenoxy) is 1. The van der Waals surface area contributed by atoms with Crippen molar-refractivity contribution in [1.82, 2.24) is 4.57 Å². The number of para-hydroxylation sites is 1. The highest BCUT2D eigenvalue weighted by Gasteiger charge is 2.16. The molecule has 4 rings (SSSR count). The van der Waals surface area contributed by atoms with Gasteiger partial charge in [0.2, 0.25) is 0 Å². The number of carbonyl (C=O) groups excluding carboxylic acids is 1. The standard InChI is InChI=1S/C26H21Cl2NO4/c27-22-12-11-20(14-23(22)28)33-16-17-5-3-6-18(13-17)26(32)29-15-19(7-4-10-25(30)31)21-8-1-2-9-24(21)29/h1-3,5-6,8-9,11-15H,4,7,10,16H2,(H,30,31). The van der Waals surface area contributed by atoms with E-state index in [1.54, 1.807) is 34.9 Å². The summed E-state index contributed by atoms with van der Waals surface area (Å²) in [5.74, 6) is -0.398. The first kappa shape index (κ1) is 22.9. The highest BCUT2D eigenvalue weighted by atomic mass is 35.5. The fourth-order valence-corrected chi connectivity index (χ4v) is 4.00. The van der Waals surface area contributed by atoms with E-state index < -0.39 is 5.97 Å². The highest BCUT2D eigenvalue weighted by molar-refractivity contribution is 6.42. The van der Waals surface area contributed by atoms with Crippen LogP contribution in [0, 0.1) is 0 Å². The highest BCUT2D eigenvalue weighted by Crippen LogP contribution is 2.27. The van der Waals surface area contributed by atoms with Gasteiger partial charge in [-0.2, -0.15) is 0 Å². The van der Waals surface area contributed by atoms with E-state index in [-0.39, 0.29) is 18.9 Å². The minimum Gasteiger partial charge on any atom is -0.489 e. The molecule has 7 heteroatoms. The van der Waals surface area contributed by atoms with Crippen molar-refractivity contribution in [2.75, 3.05) is 0 Å². The molecule has 3 aromatic carbocycles. The molecule has 4 aromatic rings. The smallest absolute Gasteiger partial charge is 0.303 e. The lowest BCUT2D eigenvalue weighted by Gasteiger charge is -2.09. The molecule has 0 aliphatic carbocycles. The fraction of sp³-hybridized carbons (Fsp3) is 0.154. The number of aryl methyl sites for hydroxylation is 1. The van der Waals surface area contributed by atoms with Gasteiger partial charge in [-0.25, -0.2) is 0 Å². The lowest BCUT2D eigenvalue weighted by Crippen LogP contribution is -2.11. The van der Waals surface area contributed by atoms with Gasteiger partial charge in [0.25, 0.3) is 5.91 Å². The van der Waals surface area contributed by atoms with Crippen LogP contribution in [0.3, 0.4) is 0 Å². The molecule has 1 aromatic heterocycles. The Balaban J connectivity index is 1.55. The number of carbonyl (C=O) groups is 2. The third kappa shape index (κ3) is 5.38. The molecule has 168 valence electrons. The van der Waals surface area contributed by atoms with Gasteiger partial charge in [-0.15, -0.1) is 0 Å². The largest absolute Gasteiger partial charge is 0.489 e. The molecular formula is C26H21Cl2NO4. The second-order valence-electron chi connectivity index (χ2n) is 7.66. The summed E-state index contributed by atoms with van der Waals surface area (Å²) in [6, 6.07) is 20.0. The molecule has 0 spiro atoms. The van der Waals surface area contributed by atoms with Crippen molar-refractivity contribution in [3.05, 3.63) is 99.7 Å². The molecule has 0 atom stereocenters. The number of carboxylic acids is 1. The molecule has 0 amide bonds. The number of hydrogen-bond acceptors (Lipinski definition) is 3. The summed E-state index contributed by atoms with van der Waals surface area (Å²) in [6.45, 7) is 0.270. The van der Waals surface area contributed by atoms with Crippen LogP contribution in [0.5, 0.6) is 5.75 Å². The van der Waals surface area contributed by atoms with Crippen LogP contribution in [0.25, 0.3) is 10.9 Å². The molecule has 0 aliphatic rings. The van der Waals surface area contributed by atoms with Gasteiger partial charge in [0, 0.05) is 29.6 Å². The average Bonchev–Trinajstić information content (AvgIpc) is 3.18. The predicted octanol–water partition coefficient (Wildman–Crippen LogP) is 6.62. The summed E-state index contributed by atoms with van der Waals surface area (Å²) >= 11 is 12.0. The van der Waals surface area contributed by atoms with Crippen molar-refractivity contribution in [3.63, 3.8) is 0 Å². The van der Waals surface area contributed by atoms with Crippen molar-refractivity contribution in [1.29, 1.82) is 0 Å². The average molecular weight is 482 g/mol. The Morgan fingerprint density at radius 3 is 2.55 bits per heavy atom. The van der Waals surface area contributed by atoms with Gasteiger partial charge in [0.05, 0.1) is 15.6 Å². The van der Waals surface area contributed by atoms with Crippen LogP contribution in [0.1, 0.15) is 34.3 Å². The van der Waals surface area contributed by atoms with E-state index in [2.05, 4.69) is 0 Å². The first-order valence-corrected chi connectivity index (χ1v) is 11.2. The van der Waals surface area contributed by atoms with Crippen LogP contribution in [0.4, 0.5) is 0 Å². The van der Waals surface area contributed by atoms with Crippen molar-refractivity contribution in [3.8, 4) is 5.75 Å². The maximum atomic E-state index is 13.4. The first-order valence-electron chi connectivity index (χ1n) is 10.4. The van der Waals surface area contributed by atoms with Crippen LogP contribution >= 0.6 is 23.2 Å². The maximum absolute atomic E-state index is 13.4. The number of aliphatic carboxylic acids is 1. The van der Waals surface area contributed by atoms with Crippen LogP contribution in [-0.2, 0) is 17.8 Å². The lowest BCUT2D eigenvalue weighted by molar-refractivity contribution is -0.137. The van der Waals surface area contributed by atoms with Gasteiger partial charge in [0.15, 0.2) is 0 Å². The van der Waals surface area contributed by atoms with Crippen LogP contribution in [0.15, 0.2) is 72.9 Å². The third-order valence-corrected chi connectivity index (χ3v) is 6.06. The molecule has 0 saturated carbocycles. The summed E-state index contributed by atoms with van der Waals surface area (Å²) in [7, 11) is 0. The van der Waals surface area contributed by atoms with E-state index >= 15 is 0 Å². The van der Waals surface area contributed by atoms with Gasteiger partial charge in [0.1, 0.15) is 12.4 Å². The molecule has 0 unspecified atom stereocenters. The zero-order valence-corrected chi connectivity index (χ0v) is 19.1. The SMILES string of the molecule is O=C(O)CCCc1cn(C(=O)c2cccc(COc3ccc(Cl)c(Cl)c3)c2)c2ccccc12. The Morgan fingerprint density at radius 1 is 0.939 bits per heavy atom. The van der Waals surface area contributed by atoms with E-state index in [0.29, 0.717) is 34.2 Å². The molecule has 1 N–H and O–H groups in total. The summed E-state index contributed by atoms with van der Waals surface area (Å²) in [5.41, 5.74) is 3.12. The molecule has 0 aliphatic heterocycles. The van der Waals surface area contributed by atoms with E-state index in [1.165, 1.54) is 0 Å². The van der Waals surface area contributed by atoms with E-state index in [0.717, 1.165) is 22.0 Å². The number of benzene rings is 3. The number of rotatable bonds is 8. The molecule has 33 heavy (non-hydrogen) atoms. The Kier molecular flexibility index (Phi) is 7.02. The summed E-state index contributed by atoms with van der Waals surface area (Å²) in [6.07, 6.45) is 3.01. The van der Waals surface area contributed by atoms with Crippen LogP contribution in [-0.4, -0.2) is 21.6 Å². The van der Waals surface area contributed by atoms with Crippen molar-refractivity contribution in [2.45, 2.75) is 25.9 Å². The first-order chi connectivity index (χ1) is 15.9. The number of hydrogen-bond donors (Lipinski definition) is 1. The zero-order chi connectivity index (χ0) is 23.4. The second-order valence-corrected chi connectivity index (χ2v) is 8.47. The number of carboxylic acid groups (broad SMARTS) is 1. The normalized spacial score (nSPS) is 11.0. The monoisotopic (exact) mass is 481 g/mol. The Morgan fingerprint density at radius 2 is 1.76 bits per heavy atom. The molecule has 0 radical (unpaired) electrons. The minimum atomic E-state index is -0.824. The van der Waals surface area contributed by atoms with Crippen LogP contribution < -0.4 is 4.74 Å². The quantitative estimate of drug-likeness (QED) is 0.306. The second kappa shape index (κ2) is 10.1. The molecule has 0 saturated heterocycles. The fourth-order valence-electron chi connectivity index (χ4n) is 3.71. The molecule has 1 heterocycles. The Hall–Kier alpha value is -3.28. The van der Waals surface area contributed by atoms with Gasteiger partial charge >= 0.3 is 5.97 Å². The third-order valence-electron chi connectivity index (χ3n) is 5.32. The summed E-state index contributed by atoms with van der Waals surface area (Å²) in [5, 5.41) is 10.8. The zero-order valence-electron chi connectivity index (χ0n) is 17.6. The lowest BCUT2D eigenvalue weighted by atomic mass is 10.1. The van der Waals surface area contributed by atoms with E-state index in [9.17, 15) is 9.59 Å². The number of halogens is 2. The van der Waals surface area contributed by atoms with Crippen molar-refractivity contribution in [2.24, 2.45) is 0 Å². The summed E-state index contributed by atoms with van der Waals surface area (Å²) in [4.78, 5) is 24.2. The van der Waals surface area contributed by atoms with E-state index in [1.807, 2.05) is 42.6 Å².